The highest BCUT2D eigenvalue weighted by atomic mass is 32.2. The third-order valence-electron chi connectivity index (χ3n) is 4.11. The summed E-state index contributed by atoms with van der Waals surface area (Å²) >= 11 is 0. The minimum Gasteiger partial charge on any atom is -0.337 e. The summed E-state index contributed by atoms with van der Waals surface area (Å²) in [4.78, 5) is 14.5. The van der Waals surface area contributed by atoms with Crippen molar-refractivity contribution in [1.29, 1.82) is 0 Å². The van der Waals surface area contributed by atoms with Gasteiger partial charge >= 0.3 is 0 Å². The van der Waals surface area contributed by atoms with Gasteiger partial charge in [-0.15, -0.1) is 0 Å². The van der Waals surface area contributed by atoms with Gasteiger partial charge in [0.1, 0.15) is 0 Å². The lowest BCUT2D eigenvalue weighted by Gasteiger charge is -2.32. The zero-order chi connectivity index (χ0) is 16.4. The van der Waals surface area contributed by atoms with Crippen LogP contribution in [0.15, 0.2) is 24.3 Å². The SMILES string of the molecule is CS(=O)(=O)NCC1CCCN(C(=O)c2n[nH]c3ccccc23)C1. The van der Waals surface area contributed by atoms with Crippen molar-refractivity contribution < 1.29 is 13.2 Å². The molecule has 2 aromatic rings. The number of carbonyl (C=O) groups excluding carboxylic acids is 1. The Balaban J connectivity index is 1.72. The van der Waals surface area contributed by atoms with Gasteiger partial charge in [0.05, 0.1) is 11.8 Å². The molecule has 7 nitrogen and oxygen atoms in total. The van der Waals surface area contributed by atoms with E-state index in [4.69, 9.17) is 0 Å². The van der Waals surface area contributed by atoms with Gasteiger partial charge in [-0.2, -0.15) is 5.10 Å². The summed E-state index contributed by atoms with van der Waals surface area (Å²) < 4.78 is 25.0. The van der Waals surface area contributed by atoms with Crippen LogP contribution in [0.4, 0.5) is 0 Å². The van der Waals surface area contributed by atoms with Crippen molar-refractivity contribution in [2.45, 2.75) is 12.8 Å². The number of nitrogens with zero attached hydrogens (tertiary/aromatic N) is 2. The van der Waals surface area contributed by atoms with Gasteiger partial charge in [-0.05, 0) is 24.8 Å². The number of likely N-dealkylation sites (tertiary alicyclic amines) is 1. The van der Waals surface area contributed by atoms with E-state index >= 15 is 0 Å². The van der Waals surface area contributed by atoms with Crippen molar-refractivity contribution in [2.24, 2.45) is 5.92 Å². The second kappa shape index (κ2) is 6.29. The highest BCUT2D eigenvalue weighted by Gasteiger charge is 2.27. The molecular formula is C15H20N4O3S. The Kier molecular flexibility index (Phi) is 4.36. The van der Waals surface area contributed by atoms with Crippen LogP contribution in [0.25, 0.3) is 10.9 Å². The molecule has 1 atom stereocenters. The number of carbonyl (C=O) groups is 1. The Labute approximate surface area is 135 Å². The standard InChI is InChI=1S/C15H20N4O3S/c1-23(21,22)16-9-11-5-4-8-19(10-11)15(20)14-12-6-2-3-7-13(12)17-18-14/h2-3,6-7,11,16H,4-5,8-10H2,1H3,(H,17,18). The molecule has 1 aliphatic rings. The van der Waals surface area contributed by atoms with Crippen molar-refractivity contribution in [3.63, 3.8) is 0 Å². The van der Waals surface area contributed by atoms with E-state index in [1.807, 2.05) is 24.3 Å². The van der Waals surface area contributed by atoms with Crippen molar-refractivity contribution >= 4 is 26.8 Å². The lowest BCUT2D eigenvalue weighted by molar-refractivity contribution is 0.0672. The molecule has 1 saturated heterocycles. The summed E-state index contributed by atoms with van der Waals surface area (Å²) in [5, 5.41) is 7.84. The molecular weight excluding hydrogens is 316 g/mol. The number of para-hydroxylation sites is 1. The molecule has 0 saturated carbocycles. The average Bonchev–Trinajstić information content (AvgIpc) is 2.96. The summed E-state index contributed by atoms with van der Waals surface area (Å²) in [6.45, 7) is 1.59. The minimum atomic E-state index is -3.20. The van der Waals surface area contributed by atoms with Crippen LogP contribution in [-0.2, 0) is 10.0 Å². The van der Waals surface area contributed by atoms with Crippen LogP contribution in [0.5, 0.6) is 0 Å². The Morgan fingerprint density at radius 1 is 1.43 bits per heavy atom. The lowest BCUT2D eigenvalue weighted by atomic mass is 9.98. The number of benzene rings is 1. The molecule has 1 aliphatic heterocycles. The van der Waals surface area contributed by atoms with Crippen molar-refractivity contribution in [1.82, 2.24) is 19.8 Å². The summed E-state index contributed by atoms with van der Waals surface area (Å²) in [5.41, 5.74) is 1.26. The predicted octanol–water partition coefficient (Wildman–Crippen LogP) is 0.964. The first-order chi connectivity index (χ1) is 10.9. The normalized spacial score (nSPS) is 19.2. The van der Waals surface area contributed by atoms with E-state index in [2.05, 4.69) is 14.9 Å². The molecule has 1 fully saturated rings. The molecule has 2 heterocycles. The van der Waals surface area contributed by atoms with E-state index in [0.717, 1.165) is 30.0 Å². The van der Waals surface area contributed by atoms with Gasteiger partial charge < -0.3 is 4.90 Å². The van der Waals surface area contributed by atoms with E-state index in [0.29, 0.717) is 25.3 Å². The van der Waals surface area contributed by atoms with Crippen molar-refractivity contribution in [3.8, 4) is 0 Å². The second-order valence-electron chi connectivity index (χ2n) is 6.00. The van der Waals surface area contributed by atoms with Crippen LogP contribution in [0, 0.1) is 5.92 Å². The lowest BCUT2D eigenvalue weighted by Crippen LogP contribution is -2.43. The molecule has 23 heavy (non-hydrogen) atoms. The maximum absolute atomic E-state index is 12.7. The fourth-order valence-electron chi connectivity index (χ4n) is 2.96. The van der Waals surface area contributed by atoms with Gasteiger partial charge in [0.15, 0.2) is 5.69 Å². The van der Waals surface area contributed by atoms with Crippen LogP contribution in [-0.4, -0.2) is 55.3 Å². The number of rotatable bonds is 4. The largest absolute Gasteiger partial charge is 0.337 e. The molecule has 1 amide bonds. The third kappa shape index (κ3) is 3.70. The van der Waals surface area contributed by atoms with E-state index in [9.17, 15) is 13.2 Å². The van der Waals surface area contributed by atoms with Crippen LogP contribution < -0.4 is 4.72 Å². The molecule has 2 N–H and O–H groups in total. The number of nitrogens with one attached hydrogen (secondary N) is 2. The molecule has 124 valence electrons. The molecule has 1 aromatic heterocycles. The Morgan fingerprint density at radius 3 is 3.00 bits per heavy atom. The molecule has 1 unspecified atom stereocenters. The van der Waals surface area contributed by atoms with Gasteiger partial charge in [0.2, 0.25) is 10.0 Å². The van der Waals surface area contributed by atoms with Crippen LogP contribution in [0.2, 0.25) is 0 Å². The molecule has 0 aliphatic carbocycles. The number of amides is 1. The average molecular weight is 336 g/mol. The third-order valence-corrected chi connectivity index (χ3v) is 4.80. The smallest absolute Gasteiger partial charge is 0.275 e. The highest BCUT2D eigenvalue weighted by molar-refractivity contribution is 7.88. The monoisotopic (exact) mass is 336 g/mol. The first-order valence-corrected chi connectivity index (χ1v) is 9.50. The summed E-state index contributed by atoms with van der Waals surface area (Å²) in [6, 6.07) is 7.53. The molecule has 8 heteroatoms. The Bertz CT molecular complexity index is 815. The number of H-pyrrole nitrogens is 1. The van der Waals surface area contributed by atoms with Crippen molar-refractivity contribution in [3.05, 3.63) is 30.0 Å². The minimum absolute atomic E-state index is 0.105. The molecule has 1 aromatic carbocycles. The van der Waals surface area contributed by atoms with Gasteiger partial charge in [-0.1, -0.05) is 18.2 Å². The number of hydrogen-bond acceptors (Lipinski definition) is 4. The maximum atomic E-state index is 12.7. The highest BCUT2D eigenvalue weighted by Crippen LogP contribution is 2.21. The van der Waals surface area contributed by atoms with Crippen LogP contribution >= 0.6 is 0 Å². The number of piperidine rings is 1. The Hall–Kier alpha value is -1.93. The molecule has 0 spiro atoms. The molecule has 0 bridgehead atoms. The number of fused-ring (bicyclic) bond motifs is 1. The van der Waals surface area contributed by atoms with Crippen molar-refractivity contribution in [2.75, 3.05) is 25.9 Å². The van der Waals surface area contributed by atoms with E-state index in [1.165, 1.54) is 0 Å². The maximum Gasteiger partial charge on any atom is 0.275 e. The fraction of sp³-hybridized carbons (Fsp3) is 0.467. The number of hydrogen-bond donors (Lipinski definition) is 2. The second-order valence-corrected chi connectivity index (χ2v) is 7.83. The van der Waals surface area contributed by atoms with E-state index in [1.54, 1.807) is 4.90 Å². The number of aromatic amines is 1. The van der Waals surface area contributed by atoms with Gasteiger partial charge in [0, 0.05) is 25.0 Å². The van der Waals surface area contributed by atoms with Gasteiger partial charge in [-0.25, -0.2) is 13.1 Å². The molecule has 3 rings (SSSR count). The van der Waals surface area contributed by atoms with Crippen LogP contribution in [0.1, 0.15) is 23.3 Å². The van der Waals surface area contributed by atoms with Crippen LogP contribution in [0.3, 0.4) is 0 Å². The van der Waals surface area contributed by atoms with Gasteiger partial charge in [0.25, 0.3) is 5.91 Å². The Morgan fingerprint density at radius 2 is 2.22 bits per heavy atom. The van der Waals surface area contributed by atoms with E-state index < -0.39 is 10.0 Å². The number of aromatic nitrogens is 2. The fourth-order valence-corrected chi connectivity index (χ4v) is 3.50. The zero-order valence-electron chi connectivity index (χ0n) is 12.9. The summed E-state index contributed by atoms with van der Waals surface area (Å²) in [5.74, 6) is 0.0270. The van der Waals surface area contributed by atoms with Gasteiger partial charge in [-0.3, -0.25) is 9.89 Å². The summed E-state index contributed by atoms with van der Waals surface area (Å²) in [7, 11) is -3.20. The zero-order valence-corrected chi connectivity index (χ0v) is 13.8. The number of sulfonamides is 1. The quantitative estimate of drug-likeness (QED) is 0.869. The van der Waals surface area contributed by atoms with E-state index in [-0.39, 0.29) is 11.8 Å². The molecule has 0 radical (unpaired) electrons. The topological polar surface area (TPSA) is 95.2 Å². The summed E-state index contributed by atoms with van der Waals surface area (Å²) in [6.07, 6.45) is 2.92. The first kappa shape index (κ1) is 15.9. The first-order valence-electron chi connectivity index (χ1n) is 7.61. The predicted molar refractivity (Wildman–Crippen MR) is 87.6 cm³/mol.